The van der Waals surface area contributed by atoms with E-state index in [-0.39, 0.29) is 11.2 Å². The quantitative estimate of drug-likeness (QED) is 0.557. The fourth-order valence-corrected chi connectivity index (χ4v) is 5.38. The standard InChI is InChI=1S/C18H28N6O3S2/c1-18(2,3)15-12-28-16(21-15)11-20-17(19-4)23-6-8-24(9-7-23)29(25,26)13-14-5-10-27-22-14/h5,10,12H,6-9,11,13H2,1-4H3,(H,19,20). The Morgan fingerprint density at radius 3 is 2.59 bits per heavy atom. The summed E-state index contributed by atoms with van der Waals surface area (Å²) in [5.41, 5.74) is 1.53. The van der Waals surface area contributed by atoms with Crippen LogP contribution in [0.4, 0.5) is 0 Å². The fraction of sp³-hybridized carbons (Fsp3) is 0.611. The highest BCUT2D eigenvalue weighted by molar-refractivity contribution is 7.88. The van der Waals surface area contributed by atoms with Gasteiger partial charge in [0.1, 0.15) is 17.0 Å². The Morgan fingerprint density at radius 2 is 2.03 bits per heavy atom. The van der Waals surface area contributed by atoms with Gasteiger partial charge in [0.05, 0.1) is 17.9 Å². The average Bonchev–Trinajstić information content (AvgIpc) is 3.34. The van der Waals surface area contributed by atoms with Crippen LogP contribution in [0, 0.1) is 0 Å². The van der Waals surface area contributed by atoms with E-state index in [0.717, 1.165) is 16.7 Å². The number of piperazine rings is 1. The van der Waals surface area contributed by atoms with E-state index in [1.807, 2.05) is 0 Å². The molecule has 3 heterocycles. The van der Waals surface area contributed by atoms with Crippen molar-refractivity contribution in [1.29, 1.82) is 0 Å². The van der Waals surface area contributed by atoms with Crippen LogP contribution in [0.3, 0.4) is 0 Å². The summed E-state index contributed by atoms with van der Waals surface area (Å²) in [5.74, 6) is 0.613. The summed E-state index contributed by atoms with van der Waals surface area (Å²) in [4.78, 5) is 11.1. The predicted molar refractivity (Wildman–Crippen MR) is 113 cm³/mol. The normalized spacial score (nSPS) is 17.0. The molecule has 1 aliphatic heterocycles. The van der Waals surface area contributed by atoms with Crippen molar-refractivity contribution in [3.63, 3.8) is 0 Å². The molecule has 160 valence electrons. The van der Waals surface area contributed by atoms with Crippen LogP contribution in [-0.4, -0.2) is 66.9 Å². The molecule has 9 nitrogen and oxygen atoms in total. The minimum absolute atomic E-state index is 0.0320. The number of aromatic nitrogens is 2. The van der Waals surface area contributed by atoms with Gasteiger partial charge in [0.15, 0.2) is 5.96 Å². The summed E-state index contributed by atoms with van der Waals surface area (Å²) in [6, 6.07) is 1.57. The summed E-state index contributed by atoms with van der Waals surface area (Å²) in [7, 11) is -1.68. The predicted octanol–water partition coefficient (Wildman–Crippen LogP) is 1.65. The van der Waals surface area contributed by atoms with Crippen LogP contribution in [-0.2, 0) is 27.7 Å². The molecule has 0 unspecified atom stereocenters. The Kier molecular flexibility index (Phi) is 6.59. The van der Waals surface area contributed by atoms with Gasteiger partial charge >= 0.3 is 0 Å². The molecular formula is C18H28N6O3S2. The van der Waals surface area contributed by atoms with Gasteiger partial charge in [-0.1, -0.05) is 25.9 Å². The SMILES string of the molecule is CN=C(NCc1nc(C(C)(C)C)cs1)N1CCN(S(=O)(=O)Cc2ccon2)CC1. The molecule has 1 aliphatic rings. The van der Waals surface area contributed by atoms with E-state index in [2.05, 4.69) is 46.5 Å². The molecule has 2 aromatic heterocycles. The highest BCUT2D eigenvalue weighted by Crippen LogP contribution is 2.23. The van der Waals surface area contributed by atoms with Crippen LogP contribution in [0.15, 0.2) is 27.2 Å². The zero-order valence-electron chi connectivity index (χ0n) is 17.3. The molecule has 0 saturated carbocycles. The summed E-state index contributed by atoms with van der Waals surface area (Å²) in [5, 5.41) is 10.1. The molecule has 0 amide bonds. The number of hydrogen-bond donors (Lipinski definition) is 1. The number of nitrogens with zero attached hydrogens (tertiary/aromatic N) is 5. The Hall–Kier alpha value is -1.98. The van der Waals surface area contributed by atoms with Crippen molar-refractivity contribution < 1.29 is 12.9 Å². The van der Waals surface area contributed by atoms with Crippen LogP contribution < -0.4 is 5.32 Å². The van der Waals surface area contributed by atoms with Crippen LogP contribution in [0.1, 0.15) is 37.2 Å². The summed E-state index contributed by atoms with van der Waals surface area (Å²) < 4.78 is 31.4. The van der Waals surface area contributed by atoms with Gasteiger partial charge in [-0.15, -0.1) is 11.3 Å². The van der Waals surface area contributed by atoms with Gasteiger partial charge in [-0.3, -0.25) is 4.99 Å². The van der Waals surface area contributed by atoms with Crippen LogP contribution in [0.25, 0.3) is 0 Å². The zero-order valence-corrected chi connectivity index (χ0v) is 18.9. The lowest BCUT2D eigenvalue weighted by Gasteiger charge is -2.35. The first-order valence-corrected chi connectivity index (χ1v) is 12.0. The highest BCUT2D eigenvalue weighted by atomic mass is 32.2. The molecule has 0 atom stereocenters. The second-order valence-corrected chi connectivity index (χ2v) is 10.8. The lowest BCUT2D eigenvalue weighted by atomic mass is 9.93. The molecule has 0 aromatic carbocycles. The Bertz CT molecular complexity index is 923. The monoisotopic (exact) mass is 440 g/mol. The number of hydrogen-bond acceptors (Lipinski definition) is 7. The van der Waals surface area contributed by atoms with Gasteiger partial charge in [0, 0.05) is 50.1 Å². The van der Waals surface area contributed by atoms with Crippen molar-refractivity contribution in [1.82, 2.24) is 24.7 Å². The number of sulfonamides is 1. The Balaban J connectivity index is 1.53. The molecule has 29 heavy (non-hydrogen) atoms. The molecule has 1 N–H and O–H groups in total. The lowest BCUT2D eigenvalue weighted by Crippen LogP contribution is -2.53. The lowest BCUT2D eigenvalue weighted by molar-refractivity contribution is 0.259. The molecule has 1 saturated heterocycles. The van der Waals surface area contributed by atoms with Gasteiger partial charge in [-0.05, 0) is 0 Å². The van der Waals surface area contributed by atoms with Crippen LogP contribution in [0.5, 0.6) is 0 Å². The maximum Gasteiger partial charge on any atom is 0.220 e. The zero-order chi connectivity index (χ0) is 21.1. The number of rotatable bonds is 5. The van der Waals surface area contributed by atoms with Gasteiger partial charge in [-0.2, -0.15) is 4.31 Å². The van der Waals surface area contributed by atoms with E-state index in [0.29, 0.717) is 38.4 Å². The molecule has 0 aliphatic carbocycles. The van der Waals surface area contributed by atoms with E-state index >= 15 is 0 Å². The van der Waals surface area contributed by atoms with Crippen molar-refractivity contribution in [3.8, 4) is 0 Å². The van der Waals surface area contributed by atoms with E-state index < -0.39 is 10.0 Å². The third-order valence-electron chi connectivity index (χ3n) is 4.68. The van der Waals surface area contributed by atoms with Crippen molar-refractivity contribution >= 4 is 27.3 Å². The van der Waals surface area contributed by atoms with E-state index in [4.69, 9.17) is 9.51 Å². The number of aliphatic imine (C=N–C) groups is 1. The molecule has 1 fully saturated rings. The first kappa shape index (κ1) is 21.7. The second-order valence-electron chi connectivity index (χ2n) is 7.91. The van der Waals surface area contributed by atoms with Gasteiger partial charge < -0.3 is 14.7 Å². The summed E-state index contributed by atoms with van der Waals surface area (Å²) >= 11 is 1.63. The van der Waals surface area contributed by atoms with Gasteiger partial charge in [0.2, 0.25) is 10.0 Å². The molecule has 0 bridgehead atoms. The third kappa shape index (κ3) is 5.55. The summed E-state index contributed by atoms with van der Waals surface area (Å²) in [6.07, 6.45) is 1.38. The maximum atomic E-state index is 12.6. The van der Waals surface area contributed by atoms with Crippen molar-refractivity contribution in [2.45, 2.75) is 38.5 Å². The molecule has 11 heteroatoms. The van der Waals surface area contributed by atoms with Gasteiger partial charge in [0.25, 0.3) is 0 Å². The molecule has 0 radical (unpaired) electrons. The Labute approximate surface area is 175 Å². The Morgan fingerprint density at radius 1 is 1.31 bits per heavy atom. The second kappa shape index (κ2) is 8.80. The fourth-order valence-electron chi connectivity index (χ4n) is 2.99. The summed E-state index contributed by atoms with van der Waals surface area (Å²) in [6.45, 7) is 9.00. The molecule has 2 aromatic rings. The molecule has 3 rings (SSSR count). The highest BCUT2D eigenvalue weighted by Gasteiger charge is 2.29. The molecular weight excluding hydrogens is 412 g/mol. The number of guanidine groups is 1. The van der Waals surface area contributed by atoms with Crippen molar-refractivity contribution in [3.05, 3.63) is 34.1 Å². The van der Waals surface area contributed by atoms with E-state index in [9.17, 15) is 8.42 Å². The minimum Gasteiger partial charge on any atom is -0.364 e. The van der Waals surface area contributed by atoms with Crippen molar-refractivity contribution in [2.24, 2.45) is 4.99 Å². The number of nitrogens with one attached hydrogen (secondary N) is 1. The molecule has 0 spiro atoms. The average molecular weight is 441 g/mol. The topological polar surface area (TPSA) is 104 Å². The third-order valence-corrected chi connectivity index (χ3v) is 7.34. The number of thiazole rings is 1. The smallest absolute Gasteiger partial charge is 0.220 e. The van der Waals surface area contributed by atoms with E-state index in [1.54, 1.807) is 24.5 Å². The van der Waals surface area contributed by atoms with Crippen LogP contribution in [0.2, 0.25) is 0 Å². The first-order valence-electron chi connectivity index (χ1n) is 9.46. The van der Waals surface area contributed by atoms with Gasteiger partial charge in [-0.25, -0.2) is 13.4 Å². The van der Waals surface area contributed by atoms with Crippen molar-refractivity contribution in [2.75, 3.05) is 33.2 Å². The maximum absolute atomic E-state index is 12.6. The minimum atomic E-state index is -3.41. The van der Waals surface area contributed by atoms with Crippen LogP contribution >= 0.6 is 11.3 Å². The largest absolute Gasteiger partial charge is 0.364 e. The van der Waals surface area contributed by atoms with E-state index in [1.165, 1.54) is 10.6 Å². The first-order chi connectivity index (χ1) is 13.7.